The first-order valence-electron chi connectivity index (χ1n) is 5.77. The van der Waals surface area contributed by atoms with Gasteiger partial charge in [0.25, 0.3) is 5.91 Å². The lowest BCUT2D eigenvalue weighted by Gasteiger charge is -2.36. The van der Waals surface area contributed by atoms with Gasteiger partial charge >= 0.3 is 0 Å². The molecule has 0 aromatic rings. The van der Waals surface area contributed by atoms with Crippen molar-refractivity contribution in [1.82, 2.24) is 5.48 Å². The van der Waals surface area contributed by atoms with E-state index < -0.39 is 0 Å². The van der Waals surface area contributed by atoms with Crippen LogP contribution in [0.1, 0.15) is 39.5 Å². The van der Waals surface area contributed by atoms with Gasteiger partial charge in [0.15, 0.2) is 0 Å². The maximum Gasteiger partial charge on any atom is 0.251 e. The molecule has 1 rings (SSSR count). The molecule has 1 aliphatic carbocycles. The molecule has 15 heavy (non-hydrogen) atoms. The van der Waals surface area contributed by atoms with Gasteiger partial charge in [-0.2, -0.15) is 0 Å². The lowest BCUT2D eigenvalue weighted by atomic mass is 9.70. The SMILES string of the molecule is CCONC(=O)C1(CN)CCC(C)CC1. The Balaban J connectivity index is 2.56. The molecule has 0 bridgehead atoms. The largest absolute Gasteiger partial charge is 0.329 e. The second-order valence-corrected chi connectivity index (χ2v) is 4.53. The van der Waals surface area contributed by atoms with E-state index in [1.165, 1.54) is 0 Å². The Morgan fingerprint density at radius 1 is 1.53 bits per heavy atom. The van der Waals surface area contributed by atoms with E-state index in [9.17, 15) is 4.79 Å². The first-order chi connectivity index (χ1) is 7.14. The summed E-state index contributed by atoms with van der Waals surface area (Å²) in [6.45, 7) is 4.97. The maximum absolute atomic E-state index is 11.9. The molecule has 0 unspecified atom stereocenters. The minimum atomic E-state index is -0.387. The summed E-state index contributed by atoms with van der Waals surface area (Å²) in [5.41, 5.74) is 7.84. The molecule has 0 aromatic carbocycles. The Labute approximate surface area is 91.5 Å². The summed E-state index contributed by atoms with van der Waals surface area (Å²) in [5.74, 6) is 0.670. The van der Waals surface area contributed by atoms with Crippen LogP contribution in [0.5, 0.6) is 0 Å². The van der Waals surface area contributed by atoms with Gasteiger partial charge in [0, 0.05) is 6.54 Å². The number of carbonyl (C=O) groups is 1. The molecule has 4 nitrogen and oxygen atoms in total. The van der Waals surface area contributed by atoms with Gasteiger partial charge in [0.2, 0.25) is 0 Å². The summed E-state index contributed by atoms with van der Waals surface area (Å²) in [4.78, 5) is 16.8. The van der Waals surface area contributed by atoms with Crippen molar-refractivity contribution in [3.05, 3.63) is 0 Å². The Morgan fingerprint density at radius 3 is 2.60 bits per heavy atom. The van der Waals surface area contributed by atoms with Crippen molar-refractivity contribution in [3.8, 4) is 0 Å². The molecule has 0 heterocycles. The van der Waals surface area contributed by atoms with Crippen LogP contribution in [0.4, 0.5) is 0 Å². The van der Waals surface area contributed by atoms with Crippen molar-refractivity contribution >= 4 is 5.91 Å². The summed E-state index contributed by atoms with van der Waals surface area (Å²) in [6, 6.07) is 0. The monoisotopic (exact) mass is 214 g/mol. The fourth-order valence-corrected chi connectivity index (χ4v) is 2.08. The molecule has 1 saturated carbocycles. The fourth-order valence-electron chi connectivity index (χ4n) is 2.08. The van der Waals surface area contributed by atoms with Crippen LogP contribution in [0, 0.1) is 11.3 Å². The summed E-state index contributed by atoms with van der Waals surface area (Å²) in [6.07, 6.45) is 3.92. The highest BCUT2D eigenvalue weighted by Crippen LogP contribution is 2.38. The number of hydrogen-bond donors (Lipinski definition) is 2. The van der Waals surface area contributed by atoms with Crippen LogP contribution in [0.2, 0.25) is 0 Å². The highest BCUT2D eigenvalue weighted by molar-refractivity contribution is 5.82. The molecular weight excluding hydrogens is 192 g/mol. The molecule has 0 saturated heterocycles. The van der Waals surface area contributed by atoms with E-state index in [0.29, 0.717) is 19.1 Å². The highest BCUT2D eigenvalue weighted by atomic mass is 16.6. The zero-order valence-electron chi connectivity index (χ0n) is 9.71. The zero-order chi connectivity index (χ0) is 11.3. The van der Waals surface area contributed by atoms with Crippen molar-refractivity contribution in [3.63, 3.8) is 0 Å². The number of hydrogen-bond acceptors (Lipinski definition) is 3. The number of nitrogens with two attached hydrogens (primary N) is 1. The van der Waals surface area contributed by atoms with Crippen molar-refractivity contribution in [1.29, 1.82) is 0 Å². The van der Waals surface area contributed by atoms with Crippen LogP contribution >= 0.6 is 0 Å². The molecule has 0 aliphatic heterocycles. The average molecular weight is 214 g/mol. The smallest absolute Gasteiger partial charge is 0.251 e. The second kappa shape index (κ2) is 5.47. The van der Waals surface area contributed by atoms with Gasteiger partial charge in [-0.1, -0.05) is 6.92 Å². The molecule has 0 aromatic heterocycles. The van der Waals surface area contributed by atoms with Crippen LogP contribution in [0.25, 0.3) is 0 Å². The highest BCUT2D eigenvalue weighted by Gasteiger charge is 2.39. The molecule has 3 N–H and O–H groups in total. The zero-order valence-corrected chi connectivity index (χ0v) is 9.71. The Hall–Kier alpha value is -0.610. The third-order valence-electron chi connectivity index (χ3n) is 3.41. The topological polar surface area (TPSA) is 64.3 Å². The third kappa shape index (κ3) is 2.92. The molecule has 4 heteroatoms. The summed E-state index contributed by atoms with van der Waals surface area (Å²) < 4.78 is 0. The summed E-state index contributed by atoms with van der Waals surface area (Å²) in [7, 11) is 0. The molecule has 1 aliphatic rings. The number of nitrogens with one attached hydrogen (secondary N) is 1. The molecule has 1 amide bonds. The fraction of sp³-hybridized carbons (Fsp3) is 0.909. The first-order valence-corrected chi connectivity index (χ1v) is 5.77. The Bertz CT molecular complexity index is 211. The Kier molecular flexibility index (Phi) is 4.54. The average Bonchev–Trinajstić information content (AvgIpc) is 2.27. The van der Waals surface area contributed by atoms with Gasteiger partial charge in [-0.3, -0.25) is 9.63 Å². The van der Waals surface area contributed by atoms with E-state index in [0.717, 1.165) is 25.7 Å². The lowest BCUT2D eigenvalue weighted by Crippen LogP contribution is -2.47. The van der Waals surface area contributed by atoms with E-state index in [-0.39, 0.29) is 11.3 Å². The van der Waals surface area contributed by atoms with Gasteiger partial charge in [-0.05, 0) is 38.5 Å². The minimum absolute atomic E-state index is 0.0428. The molecule has 0 spiro atoms. The minimum Gasteiger partial charge on any atom is -0.329 e. The third-order valence-corrected chi connectivity index (χ3v) is 3.41. The summed E-state index contributed by atoms with van der Waals surface area (Å²) in [5, 5.41) is 0. The van der Waals surface area contributed by atoms with Gasteiger partial charge in [-0.15, -0.1) is 0 Å². The van der Waals surface area contributed by atoms with Crippen molar-refractivity contribution in [2.45, 2.75) is 39.5 Å². The standard InChI is InChI=1S/C11H22N2O2/c1-3-15-13-10(14)11(8-12)6-4-9(2)5-7-11/h9H,3-8,12H2,1-2H3,(H,13,14). The molecular formula is C11H22N2O2. The predicted molar refractivity (Wildman–Crippen MR) is 58.9 cm³/mol. The van der Waals surface area contributed by atoms with Crippen molar-refractivity contribution in [2.24, 2.45) is 17.1 Å². The summed E-state index contributed by atoms with van der Waals surface area (Å²) >= 11 is 0. The van der Waals surface area contributed by atoms with Crippen LogP contribution in [-0.2, 0) is 9.63 Å². The Morgan fingerprint density at radius 2 is 2.13 bits per heavy atom. The van der Waals surface area contributed by atoms with Crippen LogP contribution in [0.3, 0.4) is 0 Å². The molecule has 1 fully saturated rings. The van der Waals surface area contributed by atoms with Gasteiger partial charge in [0.1, 0.15) is 0 Å². The normalized spacial score (nSPS) is 31.3. The van der Waals surface area contributed by atoms with Gasteiger partial charge < -0.3 is 5.73 Å². The first kappa shape index (κ1) is 12.5. The number of carbonyl (C=O) groups excluding carboxylic acids is 1. The van der Waals surface area contributed by atoms with E-state index >= 15 is 0 Å². The lowest BCUT2D eigenvalue weighted by molar-refractivity contribution is -0.145. The van der Waals surface area contributed by atoms with Gasteiger partial charge in [0.05, 0.1) is 12.0 Å². The second-order valence-electron chi connectivity index (χ2n) is 4.53. The van der Waals surface area contributed by atoms with E-state index in [4.69, 9.17) is 10.6 Å². The van der Waals surface area contributed by atoms with E-state index in [1.807, 2.05) is 6.92 Å². The predicted octanol–water partition coefficient (Wildman–Crippen LogP) is 1.21. The molecule has 0 atom stereocenters. The van der Waals surface area contributed by atoms with E-state index in [1.54, 1.807) is 0 Å². The number of amides is 1. The molecule has 88 valence electrons. The number of rotatable bonds is 4. The van der Waals surface area contributed by atoms with E-state index in [2.05, 4.69) is 12.4 Å². The quantitative estimate of drug-likeness (QED) is 0.691. The van der Waals surface area contributed by atoms with Crippen LogP contribution in [-0.4, -0.2) is 19.1 Å². The number of hydroxylamine groups is 1. The molecule has 0 radical (unpaired) electrons. The van der Waals surface area contributed by atoms with Crippen LogP contribution < -0.4 is 11.2 Å². The van der Waals surface area contributed by atoms with Crippen LogP contribution in [0.15, 0.2) is 0 Å². The van der Waals surface area contributed by atoms with Crippen molar-refractivity contribution < 1.29 is 9.63 Å². The van der Waals surface area contributed by atoms with Gasteiger partial charge in [-0.25, -0.2) is 5.48 Å². The maximum atomic E-state index is 11.9. The van der Waals surface area contributed by atoms with Crippen molar-refractivity contribution in [2.75, 3.05) is 13.2 Å².